The molecule has 186 valence electrons. The third-order valence-corrected chi connectivity index (χ3v) is 13.5. The molecule has 0 bridgehead atoms. The number of carbonyl (C=O) groups is 1. The molecule has 10 atom stereocenters. The van der Waals surface area contributed by atoms with Gasteiger partial charge in [0.1, 0.15) is 0 Å². The van der Waals surface area contributed by atoms with E-state index in [4.69, 9.17) is 0 Å². The van der Waals surface area contributed by atoms with Crippen molar-refractivity contribution in [2.75, 3.05) is 0 Å². The van der Waals surface area contributed by atoms with E-state index in [1.165, 1.54) is 31.3 Å². The highest BCUT2D eigenvalue weighted by Crippen LogP contribution is 2.77. The molecule has 0 radical (unpaired) electrons. The number of aliphatic hydroxyl groups is 1. The maximum atomic E-state index is 12.8. The molecule has 0 unspecified atom stereocenters. The van der Waals surface area contributed by atoms with Crippen LogP contribution in [0.4, 0.5) is 0 Å². The molecular formula is C30H48O3. The van der Waals surface area contributed by atoms with Gasteiger partial charge in [0.2, 0.25) is 0 Å². The summed E-state index contributed by atoms with van der Waals surface area (Å²) >= 11 is 0. The van der Waals surface area contributed by atoms with Gasteiger partial charge in [-0.25, -0.2) is 0 Å². The van der Waals surface area contributed by atoms with Gasteiger partial charge in [-0.2, -0.15) is 0 Å². The van der Waals surface area contributed by atoms with Crippen molar-refractivity contribution >= 4 is 5.97 Å². The van der Waals surface area contributed by atoms with Gasteiger partial charge in [-0.1, -0.05) is 46.8 Å². The van der Waals surface area contributed by atoms with Crippen molar-refractivity contribution in [1.82, 2.24) is 0 Å². The fourth-order valence-electron chi connectivity index (χ4n) is 11.5. The number of hydrogen-bond acceptors (Lipinski definition) is 2. The van der Waals surface area contributed by atoms with Crippen LogP contribution in [0.2, 0.25) is 0 Å². The molecule has 0 amide bonds. The normalized spacial score (nSPS) is 55.0. The Morgan fingerprint density at radius 1 is 0.818 bits per heavy atom. The highest BCUT2D eigenvalue weighted by atomic mass is 16.4. The molecule has 3 heteroatoms. The lowest BCUT2D eigenvalue weighted by Gasteiger charge is -2.72. The van der Waals surface area contributed by atoms with Gasteiger partial charge in [0.15, 0.2) is 0 Å². The van der Waals surface area contributed by atoms with Crippen molar-refractivity contribution in [2.24, 2.45) is 56.7 Å². The van der Waals surface area contributed by atoms with Crippen molar-refractivity contribution < 1.29 is 15.0 Å². The second-order valence-electron chi connectivity index (χ2n) is 14.5. The van der Waals surface area contributed by atoms with E-state index < -0.39 is 11.4 Å². The van der Waals surface area contributed by atoms with Gasteiger partial charge in [-0.15, -0.1) is 0 Å². The highest BCUT2D eigenvalue weighted by molar-refractivity contribution is 5.76. The molecule has 33 heavy (non-hydrogen) atoms. The van der Waals surface area contributed by atoms with Crippen LogP contribution in [0.25, 0.3) is 0 Å². The smallest absolute Gasteiger partial charge is 0.309 e. The molecule has 0 aromatic rings. The molecule has 5 aliphatic carbocycles. The Labute approximate surface area is 201 Å². The molecular weight excluding hydrogens is 408 g/mol. The summed E-state index contributed by atoms with van der Waals surface area (Å²) in [6.07, 6.45) is 10.5. The van der Waals surface area contributed by atoms with E-state index in [9.17, 15) is 15.0 Å². The van der Waals surface area contributed by atoms with Crippen LogP contribution in [-0.4, -0.2) is 22.3 Å². The lowest BCUT2D eigenvalue weighted by atomic mass is 9.32. The fraction of sp³-hybridized carbons (Fsp3) is 0.900. The van der Waals surface area contributed by atoms with Crippen molar-refractivity contribution in [1.29, 1.82) is 0 Å². The molecule has 5 aliphatic rings. The van der Waals surface area contributed by atoms with Gasteiger partial charge in [-0.3, -0.25) is 4.79 Å². The monoisotopic (exact) mass is 456 g/mol. The minimum Gasteiger partial charge on any atom is -0.481 e. The van der Waals surface area contributed by atoms with Gasteiger partial charge >= 0.3 is 5.97 Å². The number of aliphatic hydroxyl groups excluding tert-OH is 1. The van der Waals surface area contributed by atoms with Gasteiger partial charge in [0, 0.05) is 0 Å². The zero-order valence-corrected chi connectivity index (χ0v) is 22.0. The first kappa shape index (κ1) is 23.9. The first-order valence-electron chi connectivity index (χ1n) is 13.8. The number of allylic oxidation sites excluding steroid dienone is 1. The van der Waals surface area contributed by atoms with Crippen molar-refractivity contribution in [3.8, 4) is 0 Å². The van der Waals surface area contributed by atoms with Crippen LogP contribution in [-0.2, 0) is 4.79 Å². The van der Waals surface area contributed by atoms with Crippen LogP contribution in [0.15, 0.2) is 12.2 Å². The minimum absolute atomic E-state index is 0.0202. The molecule has 2 N–H and O–H groups in total. The summed E-state index contributed by atoms with van der Waals surface area (Å²) in [7, 11) is 0. The lowest BCUT2D eigenvalue weighted by molar-refractivity contribution is -0.248. The lowest BCUT2D eigenvalue weighted by Crippen LogP contribution is -2.67. The summed E-state index contributed by atoms with van der Waals surface area (Å²) < 4.78 is 0. The van der Waals surface area contributed by atoms with Crippen LogP contribution in [0.3, 0.4) is 0 Å². The second-order valence-corrected chi connectivity index (χ2v) is 14.5. The van der Waals surface area contributed by atoms with E-state index in [1.54, 1.807) is 0 Å². The van der Waals surface area contributed by atoms with E-state index in [0.29, 0.717) is 23.7 Å². The van der Waals surface area contributed by atoms with Gasteiger partial charge < -0.3 is 10.2 Å². The van der Waals surface area contributed by atoms with Crippen molar-refractivity contribution in [3.05, 3.63) is 12.2 Å². The standard InChI is InChI=1S/C30H48O3/c1-18(2)19-10-15-30(25(32)33)17-16-28(6)20(24(19)30)8-9-22-27(5)13-12-23(31)26(3,4)21(27)11-14-29(22,28)7/h19-24,31H,1,8-17H2,2-7H3,(H,32,33)/t19-,20-,21-,22-,23-,24-,27+,28-,29-,30+/m0/s1. The van der Waals surface area contributed by atoms with E-state index in [-0.39, 0.29) is 33.7 Å². The molecule has 0 spiro atoms. The number of aliphatic carboxylic acids is 1. The predicted molar refractivity (Wildman–Crippen MR) is 133 cm³/mol. The highest BCUT2D eigenvalue weighted by Gasteiger charge is 2.71. The van der Waals surface area contributed by atoms with E-state index in [1.807, 2.05) is 0 Å². The SMILES string of the molecule is C=C(C)[C@@H]1CC[C@@]2(C(=O)O)CC[C@@]3(C)[C@@H](CC[C@H]4[C@]5(C)CC[C@H](O)C(C)(C)[C@@H]5CC[C@@]43C)[C@H]12. The Balaban J connectivity index is 1.57. The molecule has 0 saturated heterocycles. The molecule has 0 aliphatic heterocycles. The third-order valence-electron chi connectivity index (χ3n) is 13.5. The molecule has 0 aromatic carbocycles. The minimum atomic E-state index is -0.538. The summed E-state index contributed by atoms with van der Waals surface area (Å²) in [5.41, 5.74) is 1.35. The average molecular weight is 457 g/mol. The van der Waals surface area contributed by atoms with E-state index in [2.05, 4.69) is 48.1 Å². The number of fused-ring (bicyclic) bond motifs is 7. The Bertz CT molecular complexity index is 861. The quantitative estimate of drug-likeness (QED) is 0.436. The van der Waals surface area contributed by atoms with Crippen LogP contribution in [0.5, 0.6) is 0 Å². The maximum Gasteiger partial charge on any atom is 0.309 e. The molecule has 5 fully saturated rings. The van der Waals surface area contributed by atoms with Crippen LogP contribution >= 0.6 is 0 Å². The van der Waals surface area contributed by atoms with Crippen molar-refractivity contribution in [2.45, 2.75) is 112 Å². The van der Waals surface area contributed by atoms with Gasteiger partial charge in [0.25, 0.3) is 0 Å². The summed E-state index contributed by atoms with van der Waals surface area (Å²) in [5, 5.41) is 21.4. The Hall–Kier alpha value is -0.830. The zero-order chi connectivity index (χ0) is 24.2. The summed E-state index contributed by atoms with van der Waals surface area (Å²) in [4.78, 5) is 12.8. The van der Waals surface area contributed by atoms with Crippen molar-refractivity contribution in [3.63, 3.8) is 0 Å². The summed E-state index contributed by atoms with van der Waals surface area (Å²) in [5.74, 6) is 1.79. The number of carboxylic acids is 1. The van der Waals surface area contributed by atoms with Crippen LogP contribution in [0, 0.1) is 56.7 Å². The van der Waals surface area contributed by atoms with Gasteiger partial charge in [0.05, 0.1) is 11.5 Å². The zero-order valence-electron chi connectivity index (χ0n) is 22.0. The van der Waals surface area contributed by atoms with E-state index in [0.717, 1.165) is 38.5 Å². The third kappa shape index (κ3) is 2.75. The largest absolute Gasteiger partial charge is 0.481 e. The van der Waals surface area contributed by atoms with Gasteiger partial charge in [-0.05, 0) is 122 Å². The topological polar surface area (TPSA) is 57.5 Å². The number of rotatable bonds is 2. The maximum absolute atomic E-state index is 12.8. The Morgan fingerprint density at radius 2 is 1.52 bits per heavy atom. The first-order valence-corrected chi connectivity index (χ1v) is 13.8. The number of carboxylic acid groups (broad SMARTS) is 1. The number of hydrogen-bond donors (Lipinski definition) is 2. The molecule has 0 heterocycles. The molecule has 5 saturated carbocycles. The molecule has 5 rings (SSSR count). The van der Waals surface area contributed by atoms with E-state index >= 15 is 0 Å². The first-order chi connectivity index (χ1) is 15.3. The predicted octanol–water partition coefficient (Wildman–Crippen LogP) is 7.09. The van der Waals surface area contributed by atoms with Crippen LogP contribution < -0.4 is 0 Å². The molecule has 0 aromatic heterocycles. The summed E-state index contributed by atoms with van der Waals surface area (Å²) in [6.45, 7) is 18.8. The fourth-order valence-corrected chi connectivity index (χ4v) is 11.5. The summed E-state index contributed by atoms with van der Waals surface area (Å²) in [6, 6.07) is 0. The Kier molecular flexibility index (Phi) is 5.15. The second kappa shape index (κ2) is 7.11. The van der Waals surface area contributed by atoms with Crippen LogP contribution in [0.1, 0.15) is 106 Å². The molecule has 3 nitrogen and oxygen atoms in total. The Morgan fingerprint density at radius 3 is 2.15 bits per heavy atom. The average Bonchev–Trinajstić information content (AvgIpc) is 3.13.